The molecule has 2 rings (SSSR count). The molecule has 118 valence electrons. The van der Waals surface area contributed by atoms with Crippen LogP contribution in [-0.2, 0) is 14.8 Å². The van der Waals surface area contributed by atoms with E-state index in [2.05, 4.69) is 6.07 Å². The fraction of sp³-hybridized carbons (Fsp3) is 0.857. The van der Waals surface area contributed by atoms with Gasteiger partial charge in [0.05, 0.1) is 17.2 Å². The van der Waals surface area contributed by atoms with E-state index in [9.17, 15) is 23.6 Å². The molecule has 7 heteroatoms. The molecule has 1 saturated heterocycles. The van der Waals surface area contributed by atoms with E-state index in [-0.39, 0.29) is 12.3 Å². The minimum atomic E-state index is -3.72. The number of hydrogen-bond donors (Lipinski definition) is 1. The van der Waals surface area contributed by atoms with Crippen LogP contribution in [0, 0.1) is 16.7 Å². The fourth-order valence-corrected chi connectivity index (χ4v) is 5.64. The SMILES string of the molecule is N#CC1(CS(=O)(=O)N2CCCCC2C(=O)O)CCCCC1. The molecular formula is C14H22N2O4S. The summed E-state index contributed by atoms with van der Waals surface area (Å²) in [7, 11) is -3.72. The zero-order valence-corrected chi connectivity index (χ0v) is 12.9. The highest BCUT2D eigenvalue weighted by molar-refractivity contribution is 7.89. The van der Waals surface area contributed by atoms with E-state index >= 15 is 0 Å². The number of sulfonamides is 1. The molecule has 2 fully saturated rings. The topological polar surface area (TPSA) is 98.5 Å². The first-order valence-corrected chi connectivity index (χ1v) is 9.15. The van der Waals surface area contributed by atoms with Crippen LogP contribution < -0.4 is 0 Å². The van der Waals surface area contributed by atoms with E-state index in [0.29, 0.717) is 25.7 Å². The number of carboxylic acids is 1. The Morgan fingerprint density at radius 2 is 1.90 bits per heavy atom. The standard InChI is InChI=1S/C14H22N2O4S/c15-10-14(7-3-1-4-8-14)11-21(19,20)16-9-5-2-6-12(16)13(17)18/h12H,1-9,11H2,(H,17,18). The Balaban J connectivity index is 2.20. The molecule has 6 nitrogen and oxygen atoms in total. The van der Waals surface area contributed by atoms with Gasteiger partial charge >= 0.3 is 5.97 Å². The summed E-state index contributed by atoms with van der Waals surface area (Å²) in [6, 6.07) is 1.23. The number of aliphatic carboxylic acids is 1. The van der Waals surface area contributed by atoms with Gasteiger partial charge in [0, 0.05) is 6.54 Å². The third-order valence-corrected chi connectivity index (χ3v) is 6.67. The van der Waals surface area contributed by atoms with Crippen molar-refractivity contribution in [2.45, 2.75) is 57.4 Å². The van der Waals surface area contributed by atoms with Crippen LogP contribution in [0.2, 0.25) is 0 Å². The van der Waals surface area contributed by atoms with Gasteiger partial charge in [0.2, 0.25) is 10.0 Å². The normalized spacial score (nSPS) is 26.9. The van der Waals surface area contributed by atoms with Crippen molar-refractivity contribution in [3.05, 3.63) is 0 Å². The maximum atomic E-state index is 12.6. The number of carbonyl (C=O) groups is 1. The maximum absolute atomic E-state index is 12.6. The lowest BCUT2D eigenvalue weighted by atomic mass is 9.77. The van der Waals surface area contributed by atoms with Gasteiger partial charge in [0.1, 0.15) is 6.04 Å². The van der Waals surface area contributed by atoms with E-state index in [1.807, 2.05) is 0 Å². The Bertz CT molecular complexity index is 532. The molecule has 1 heterocycles. The molecule has 0 aromatic rings. The molecule has 1 atom stereocenters. The lowest BCUT2D eigenvalue weighted by molar-refractivity contribution is -0.142. The van der Waals surface area contributed by atoms with E-state index < -0.39 is 27.4 Å². The first kappa shape index (κ1) is 16.2. The Hall–Kier alpha value is -1.13. The minimum absolute atomic E-state index is 0.236. The number of piperidine rings is 1. The third kappa shape index (κ3) is 3.55. The second kappa shape index (κ2) is 6.32. The number of hydrogen-bond acceptors (Lipinski definition) is 4. The van der Waals surface area contributed by atoms with Crippen LogP contribution in [0.3, 0.4) is 0 Å². The van der Waals surface area contributed by atoms with Crippen molar-refractivity contribution < 1.29 is 18.3 Å². The van der Waals surface area contributed by atoms with Crippen molar-refractivity contribution in [3.8, 4) is 6.07 Å². The average molecular weight is 314 g/mol. The first-order valence-electron chi connectivity index (χ1n) is 7.54. The monoisotopic (exact) mass is 314 g/mol. The third-order valence-electron chi connectivity index (χ3n) is 4.60. The van der Waals surface area contributed by atoms with Gasteiger partial charge in [0.15, 0.2) is 0 Å². The molecule has 0 bridgehead atoms. The van der Waals surface area contributed by atoms with Crippen LogP contribution in [0.1, 0.15) is 51.4 Å². The largest absolute Gasteiger partial charge is 0.480 e. The van der Waals surface area contributed by atoms with Gasteiger partial charge in [-0.2, -0.15) is 9.57 Å². The van der Waals surface area contributed by atoms with Gasteiger partial charge in [0.25, 0.3) is 0 Å². The molecule has 21 heavy (non-hydrogen) atoms. The summed E-state index contributed by atoms with van der Waals surface area (Å²) in [6.45, 7) is 0.251. The molecule has 1 saturated carbocycles. The Morgan fingerprint density at radius 1 is 1.24 bits per heavy atom. The van der Waals surface area contributed by atoms with Crippen molar-refractivity contribution in [3.63, 3.8) is 0 Å². The molecule has 0 aromatic carbocycles. The average Bonchev–Trinajstić information content (AvgIpc) is 2.47. The van der Waals surface area contributed by atoms with Gasteiger partial charge in [-0.1, -0.05) is 19.3 Å². The lowest BCUT2D eigenvalue weighted by Crippen LogP contribution is -2.50. The van der Waals surface area contributed by atoms with Crippen LogP contribution in [0.25, 0.3) is 0 Å². The lowest BCUT2D eigenvalue weighted by Gasteiger charge is -2.36. The Kier molecular flexibility index (Phi) is 4.89. The summed E-state index contributed by atoms with van der Waals surface area (Å²) in [5.41, 5.74) is -0.836. The molecular weight excluding hydrogens is 292 g/mol. The van der Waals surface area contributed by atoms with Crippen molar-refractivity contribution in [1.82, 2.24) is 4.31 Å². The predicted octanol–water partition coefficient (Wildman–Crippen LogP) is 1.73. The summed E-state index contributed by atoms with van der Waals surface area (Å²) in [4.78, 5) is 11.3. The van der Waals surface area contributed by atoms with Crippen molar-refractivity contribution in [2.75, 3.05) is 12.3 Å². The zero-order chi connectivity index (χ0) is 15.5. The molecule has 0 spiro atoms. The molecule has 0 aromatic heterocycles. The van der Waals surface area contributed by atoms with Crippen LogP contribution >= 0.6 is 0 Å². The highest BCUT2D eigenvalue weighted by Crippen LogP contribution is 2.38. The van der Waals surface area contributed by atoms with Crippen molar-refractivity contribution >= 4 is 16.0 Å². The molecule has 0 radical (unpaired) electrons. The van der Waals surface area contributed by atoms with Gasteiger partial charge in [-0.05, 0) is 32.1 Å². The van der Waals surface area contributed by atoms with Gasteiger partial charge in [-0.15, -0.1) is 0 Å². The summed E-state index contributed by atoms with van der Waals surface area (Å²) in [5, 5.41) is 18.7. The van der Waals surface area contributed by atoms with E-state index in [0.717, 1.165) is 30.0 Å². The maximum Gasteiger partial charge on any atom is 0.322 e. The summed E-state index contributed by atoms with van der Waals surface area (Å²) >= 11 is 0. The van der Waals surface area contributed by atoms with Gasteiger partial charge in [-0.3, -0.25) is 4.79 Å². The second-order valence-electron chi connectivity index (χ2n) is 6.17. The first-order chi connectivity index (χ1) is 9.90. The number of nitriles is 1. The van der Waals surface area contributed by atoms with Crippen molar-refractivity contribution in [2.24, 2.45) is 5.41 Å². The number of nitrogens with zero attached hydrogens (tertiary/aromatic N) is 2. The molecule has 1 aliphatic carbocycles. The zero-order valence-electron chi connectivity index (χ0n) is 12.1. The van der Waals surface area contributed by atoms with Crippen LogP contribution in [0.4, 0.5) is 0 Å². The van der Waals surface area contributed by atoms with Crippen LogP contribution in [0.5, 0.6) is 0 Å². The molecule has 2 aliphatic rings. The Labute approximate surface area is 125 Å². The summed E-state index contributed by atoms with van der Waals surface area (Å²) in [6.07, 6.45) is 5.72. The molecule has 1 aliphatic heterocycles. The van der Waals surface area contributed by atoms with Gasteiger partial charge < -0.3 is 5.11 Å². The second-order valence-corrected chi connectivity index (χ2v) is 8.09. The van der Waals surface area contributed by atoms with Gasteiger partial charge in [-0.25, -0.2) is 8.42 Å². The minimum Gasteiger partial charge on any atom is -0.480 e. The van der Waals surface area contributed by atoms with E-state index in [4.69, 9.17) is 0 Å². The number of carboxylic acid groups (broad SMARTS) is 1. The summed E-state index contributed by atoms with van der Waals surface area (Å²) < 4.78 is 26.4. The summed E-state index contributed by atoms with van der Waals surface area (Å²) in [5.74, 6) is -1.33. The van der Waals surface area contributed by atoms with Crippen LogP contribution in [-0.4, -0.2) is 42.1 Å². The van der Waals surface area contributed by atoms with Crippen LogP contribution in [0.15, 0.2) is 0 Å². The molecule has 1 N–H and O–H groups in total. The quantitative estimate of drug-likeness (QED) is 0.852. The van der Waals surface area contributed by atoms with E-state index in [1.54, 1.807) is 0 Å². The van der Waals surface area contributed by atoms with E-state index in [1.165, 1.54) is 0 Å². The predicted molar refractivity (Wildman–Crippen MR) is 76.9 cm³/mol. The molecule has 0 amide bonds. The van der Waals surface area contributed by atoms with Crippen molar-refractivity contribution in [1.29, 1.82) is 5.26 Å². The Morgan fingerprint density at radius 3 is 2.48 bits per heavy atom. The fourth-order valence-electron chi connectivity index (χ4n) is 3.43. The highest BCUT2D eigenvalue weighted by Gasteiger charge is 2.43. The smallest absolute Gasteiger partial charge is 0.322 e. The number of rotatable bonds is 4. The molecule has 1 unspecified atom stereocenters. The highest BCUT2D eigenvalue weighted by atomic mass is 32.2.